The summed E-state index contributed by atoms with van der Waals surface area (Å²) >= 11 is 7.57. The first-order valence-corrected chi connectivity index (χ1v) is 7.86. The standard InChI is InChI=1S/C16H18ClNO2S/c1-19-12-5-8-14(16(9-12)20-2)15(18)10-21-13-6-3-11(17)4-7-13/h3-9,15H,10,18H2,1-2H3. The van der Waals surface area contributed by atoms with E-state index in [-0.39, 0.29) is 6.04 Å². The average molecular weight is 324 g/mol. The van der Waals surface area contributed by atoms with Crippen LogP contribution in [0.3, 0.4) is 0 Å². The van der Waals surface area contributed by atoms with E-state index in [4.69, 9.17) is 26.8 Å². The smallest absolute Gasteiger partial charge is 0.127 e. The quantitative estimate of drug-likeness (QED) is 0.811. The third-order valence-electron chi connectivity index (χ3n) is 3.08. The molecule has 2 rings (SSSR count). The molecule has 21 heavy (non-hydrogen) atoms. The number of benzene rings is 2. The number of halogens is 1. The maximum Gasteiger partial charge on any atom is 0.127 e. The monoisotopic (exact) mass is 323 g/mol. The minimum atomic E-state index is -0.119. The van der Waals surface area contributed by atoms with Crippen molar-refractivity contribution < 1.29 is 9.47 Å². The van der Waals surface area contributed by atoms with Crippen LogP contribution in [0.15, 0.2) is 47.4 Å². The van der Waals surface area contributed by atoms with E-state index in [9.17, 15) is 0 Å². The Morgan fingerprint density at radius 3 is 2.43 bits per heavy atom. The van der Waals surface area contributed by atoms with E-state index in [2.05, 4.69) is 0 Å². The molecule has 2 aromatic carbocycles. The van der Waals surface area contributed by atoms with E-state index in [1.165, 1.54) is 0 Å². The van der Waals surface area contributed by atoms with Crippen LogP contribution < -0.4 is 15.2 Å². The average Bonchev–Trinajstić information content (AvgIpc) is 2.53. The Balaban J connectivity index is 2.05. The zero-order valence-corrected chi connectivity index (χ0v) is 13.6. The molecule has 0 radical (unpaired) electrons. The van der Waals surface area contributed by atoms with E-state index < -0.39 is 0 Å². The molecule has 0 amide bonds. The Kier molecular flexibility index (Phi) is 5.79. The van der Waals surface area contributed by atoms with E-state index >= 15 is 0 Å². The second-order valence-electron chi connectivity index (χ2n) is 4.48. The molecule has 0 spiro atoms. The van der Waals surface area contributed by atoms with Crippen LogP contribution in [-0.2, 0) is 0 Å². The van der Waals surface area contributed by atoms with Crippen LogP contribution in [0.1, 0.15) is 11.6 Å². The highest BCUT2D eigenvalue weighted by atomic mass is 35.5. The fraction of sp³-hybridized carbons (Fsp3) is 0.250. The molecule has 0 aromatic heterocycles. The lowest BCUT2D eigenvalue weighted by Gasteiger charge is -2.16. The number of hydrogen-bond acceptors (Lipinski definition) is 4. The molecule has 0 saturated carbocycles. The molecule has 0 aliphatic heterocycles. The van der Waals surface area contributed by atoms with Crippen molar-refractivity contribution in [2.75, 3.05) is 20.0 Å². The molecule has 3 nitrogen and oxygen atoms in total. The molecule has 0 saturated heterocycles. The molecule has 1 unspecified atom stereocenters. The number of methoxy groups -OCH3 is 2. The van der Waals surface area contributed by atoms with Gasteiger partial charge in [-0.2, -0.15) is 0 Å². The molecule has 2 N–H and O–H groups in total. The largest absolute Gasteiger partial charge is 0.497 e. The van der Waals surface area contributed by atoms with Crippen molar-refractivity contribution >= 4 is 23.4 Å². The maximum absolute atomic E-state index is 6.27. The van der Waals surface area contributed by atoms with Gasteiger partial charge < -0.3 is 15.2 Å². The fourth-order valence-corrected chi connectivity index (χ4v) is 2.94. The highest BCUT2D eigenvalue weighted by Gasteiger charge is 2.13. The molecule has 112 valence electrons. The van der Waals surface area contributed by atoms with Crippen LogP contribution in [-0.4, -0.2) is 20.0 Å². The van der Waals surface area contributed by atoms with Crippen molar-refractivity contribution in [3.05, 3.63) is 53.1 Å². The summed E-state index contributed by atoms with van der Waals surface area (Å²) in [6, 6.07) is 13.3. The highest BCUT2D eigenvalue weighted by molar-refractivity contribution is 7.99. The van der Waals surface area contributed by atoms with Gasteiger partial charge in [-0.25, -0.2) is 0 Å². The van der Waals surface area contributed by atoms with E-state index in [0.29, 0.717) is 0 Å². The second kappa shape index (κ2) is 7.59. The van der Waals surface area contributed by atoms with Gasteiger partial charge in [-0.3, -0.25) is 0 Å². The Labute approximate surface area is 134 Å². The second-order valence-corrected chi connectivity index (χ2v) is 6.01. The lowest BCUT2D eigenvalue weighted by atomic mass is 10.1. The van der Waals surface area contributed by atoms with Crippen LogP contribution in [0.25, 0.3) is 0 Å². The summed E-state index contributed by atoms with van der Waals surface area (Å²) in [6.45, 7) is 0. The van der Waals surface area contributed by atoms with Crippen LogP contribution in [0.5, 0.6) is 11.5 Å². The minimum absolute atomic E-state index is 0.119. The number of thioether (sulfide) groups is 1. The predicted octanol–water partition coefficient (Wildman–Crippen LogP) is 4.15. The molecule has 0 aliphatic rings. The summed E-state index contributed by atoms with van der Waals surface area (Å²) in [4.78, 5) is 1.14. The molecule has 0 heterocycles. The van der Waals surface area contributed by atoms with Crippen molar-refractivity contribution in [1.82, 2.24) is 0 Å². The lowest BCUT2D eigenvalue weighted by Crippen LogP contribution is -2.14. The van der Waals surface area contributed by atoms with Crippen LogP contribution in [0.4, 0.5) is 0 Å². The topological polar surface area (TPSA) is 44.5 Å². The van der Waals surface area contributed by atoms with Gasteiger partial charge in [-0.1, -0.05) is 17.7 Å². The SMILES string of the molecule is COc1ccc(C(N)CSc2ccc(Cl)cc2)c(OC)c1. The number of nitrogens with two attached hydrogens (primary N) is 1. The zero-order valence-electron chi connectivity index (χ0n) is 12.0. The van der Waals surface area contributed by atoms with Gasteiger partial charge in [0, 0.05) is 33.3 Å². The molecular weight excluding hydrogens is 306 g/mol. The predicted molar refractivity (Wildman–Crippen MR) is 88.7 cm³/mol. The number of ether oxygens (including phenoxy) is 2. The Morgan fingerprint density at radius 1 is 1.10 bits per heavy atom. The first kappa shape index (κ1) is 16.0. The third-order valence-corrected chi connectivity index (χ3v) is 4.47. The van der Waals surface area contributed by atoms with Crippen molar-refractivity contribution in [3.8, 4) is 11.5 Å². The maximum atomic E-state index is 6.27. The summed E-state index contributed by atoms with van der Waals surface area (Å²) in [5.41, 5.74) is 7.24. The van der Waals surface area contributed by atoms with Crippen LogP contribution in [0, 0.1) is 0 Å². The first-order valence-electron chi connectivity index (χ1n) is 6.50. The minimum Gasteiger partial charge on any atom is -0.497 e. The molecule has 0 bridgehead atoms. The van der Waals surface area contributed by atoms with Crippen LogP contribution >= 0.6 is 23.4 Å². The van der Waals surface area contributed by atoms with E-state index in [1.54, 1.807) is 26.0 Å². The molecular formula is C16H18ClNO2S. The molecule has 2 aromatic rings. The van der Waals surface area contributed by atoms with Crippen molar-refractivity contribution in [3.63, 3.8) is 0 Å². The summed E-state index contributed by atoms with van der Waals surface area (Å²) in [7, 11) is 3.27. The third kappa shape index (κ3) is 4.30. The van der Waals surface area contributed by atoms with Crippen molar-refractivity contribution in [1.29, 1.82) is 0 Å². The molecule has 1 atom stereocenters. The van der Waals surface area contributed by atoms with Gasteiger partial charge in [0.1, 0.15) is 11.5 Å². The van der Waals surface area contributed by atoms with Gasteiger partial charge in [0.15, 0.2) is 0 Å². The first-order chi connectivity index (χ1) is 10.1. The van der Waals surface area contributed by atoms with Crippen molar-refractivity contribution in [2.24, 2.45) is 5.73 Å². The van der Waals surface area contributed by atoms with E-state index in [1.807, 2.05) is 42.5 Å². The Morgan fingerprint density at radius 2 is 1.81 bits per heavy atom. The van der Waals surface area contributed by atoms with Gasteiger partial charge in [0.05, 0.1) is 14.2 Å². The molecule has 0 aliphatic carbocycles. The zero-order chi connectivity index (χ0) is 15.2. The Bertz CT molecular complexity index is 589. The lowest BCUT2D eigenvalue weighted by molar-refractivity contribution is 0.389. The van der Waals surface area contributed by atoms with Gasteiger partial charge in [0.25, 0.3) is 0 Å². The van der Waals surface area contributed by atoms with Gasteiger partial charge in [-0.05, 0) is 30.3 Å². The van der Waals surface area contributed by atoms with Crippen LogP contribution in [0.2, 0.25) is 5.02 Å². The van der Waals surface area contributed by atoms with Gasteiger partial charge >= 0.3 is 0 Å². The summed E-state index contributed by atoms with van der Waals surface area (Å²) in [6.07, 6.45) is 0. The summed E-state index contributed by atoms with van der Waals surface area (Å²) < 4.78 is 10.6. The molecule has 5 heteroatoms. The van der Waals surface area contributed by atoms with Gasteiger partial charge in [-0.15, -0.1) is 11.8 Å². The van der Waals surface area contributed by atoms with Gasteiger partial charge in [0.2, 0.25) is 0 Å². The van der Waals surface area contributed by atoms with Crippen molar-refractivity contribution in [2.45, 2.75) is 10.9 Å². The highest BCUT2D eigenvalue weighted by Crippen LogP contribution is 2.31. The normalized spacial score (nSPS) is 12.0. The fourth-order valence-electron chi connectivity index (χ4n) is 1.93. The summed E-state index contributed by atoms with van der Waals surface area (Å²) in [5, 5.41) is 0.737. The Hall–Kier alpha value is -1.36. The molecule has 0 fully saturated rings. The van der Waals surface area contributed by atoms with E-state index in [0.717, 1.165) is 32.7 Å². The number of hydrogen-bond donors (Lipinski definition) is 1. The summed E-state index contributed by atoms with van der Waals surface area (Å²) in [5.74, 6) is 2.26. The number of rotatable bonds is 6.